The summed E-state index contributed by atoms with van der Waals surface area (Å²) in [6.45, 7) is 18.1. The van der Waals surface area contributed by atoms with Gasteiger partial charge in [0, 0.05) is 0 Å². The Kier molecular flexibility index (Phi) is 17.7. The summed E-state index contributed by atoms with van der Waals surface area (Å²) in [4.78, 5) is 27.3. The van der Waals surface area contributed by atoms with Gasteiger partial charge in [-0.25, -0.2) is 0 Å². The van der Waals surface area contributed by atoms with Gasteiger partial charge in [-0.3, -0.25) is 9.59 Å². The molecule has 0 N–H and O–H groups in total. The molecule has 0 aromatic rings. The number of unbranched alkanes of at least 4 members (excludes halogenated alkanes) is 4. The highest BCUT2D eigenvalue weighted by Crippen LogP contribution is 2.53. The number of carbonyl (C=O) groups excluding carboxylic acids is 2. The van der Waals surface area contributed by atoms with Crippen molar-refractivity contribution in [2.75, 3.05) is 13.2 Å². The zero-order valence-corrected chi connectivity index (χ0v) is 24.1. The van der Waals surface area contributed by atoms with Crippen LogP contribution in [0.3, 0.4) is 0 Å². The van der Waals surface area contributed by atoms with Crippen LogP contribution in [0.5, 0.6) is 0 Å². The molecular weight excluding hydrogens is 424 g/mol. The Morgan fingerprint density at radius 1 is 0.588 bits per heavy atom. The van der Waals surface area contributed by atoms with Gasteiger partial charge in [-0.1, -0.05) is 107 Å². The van der Waals surface area contributed by atoms with E-state index in [2.05, 4.69) is 41.5 Å². The van der Waals surface area contributed by atoms with E-state index in [1.165, 1.54) is 25.7 Å². The van der Waals surface area contributed by atoms with Gasteiger partial charge in [-0.2, -0.15) is 0 Å². The molecular formula is C30H58O4. The normalized spacial score (nSPS) is 15.2. The van der Waals surface area contributed by atoms with Crippen molar-refractivity contribution in [3.8, 4) is 0 Å². The molecule has 0 rings (SSSR count). The minimum Gasteiger partial charge on any atom is -0.465 e. The van der Waals surface area contributed by atoms with Crippen molar-refractivity contribution in [3.05, 3.63) is 0 Å². The van der Waals surface area contributed by atoms with E-state index < -0.39 is 10.8 Å². The second kappa shape index (κ2) is 18.2. The quantitative estimate of drug-likeness (QED) is 0.121. The first kappa shape index (κ1) is 32.9. The molecule has 0 fully saturated rings. The third kappa shape index (κ3) is 10.3. The van der Waals surface area contributed by atoms with Crippen LogP contribution in [0.15, 0.2) is 0 Å². The van der Waals surface area contributed by atoms with Crippen molar-refractivity contribution < 1.29 is 19.1 Å². The topological polar surface area (TPSA) is 52.6 Å². The maximum atomic E-state index is 13.7. The van der Waals surface area contributed by atoms with Crippen LogP contribution < -0.4 is 0 Å². The molecule has 0 saturated carbocycles. The van der Waals surface area contributed by atoms with E-state index in [0.717, 1.165) is 38.5 Å². The Balaban J connectivity index is 5.40. The maximum Gasteiger partial charge on any atom is 0.313 e. The fourth-order valence-corrected chi connectivity index (χ4v) is 5.51. The third-order valence-electron chi connectivity index (χ3n) is 7.58. The van der Waals surface area contributed by atoms with Gasteiger partial charge in [0.15, 0.2) is 0 Å². The van der Waals surface area contributed by atoms with Gasteiger partial charge in [0.05, 0.1) is 24.0 Å². The number of hydrogen-bond acceptors (Lipinski definition) is 4. The zero-order valence-electron chi connectivity index (χ0n) is 24.1. The summed E-state index contributed by atoms with van der Waals surface area (Å²) < 4.78 is 11.8. The van der Waals surface area contributed by atoms with E-state index in [1.807, 2.05) is 13.8 Å². The average molecular weight is 483 g/mol. The number of esters is 2. The molecule has 0 bridgehead atoms. The Labute approximate surface area is 212 Å². The number of hydrogen-bond donors (Lipinski definition) is 0. The molecule has 4 heteroatoms. The fraction of sp³-hybridized carbons (Fsp3) is 0.933. The standard InChI is InChI=1S/C30H58O4/c1-9-21-29(11-3,27(31)33-23-17-13-15-19-25(5)6)30(12-4,22-10-2)28(32)34-24-18-14-16-20-26(7)8/h25-26H,9-24H2,1-8H3. The van der Waals surface area contributed by atoms with Crippen molar-refractivity contribution >= 4 is 11.9 Å². The molecule has 0 aliphatic heterocycles. The summed E-state index contributed by atoms with van der Waals surface area (Å²) >= 11 is 0. The molecule has 4 nitrogen and oxygen atoms in total. The Morgan fingerprint density at radius 3 is 1.21 bits per heavy atom. The first-order valence-electron chi connectivity index (χ1n) is 14.5. The van der Waals surface area contributed by atoms with Crippen LogP contribution in [-0.4, -0.2) is 25.2 Å². The Morgan fingerprint density at radius 2 is 0.941 bits per heavy atom. The minimum atomic E-state index is -0.820. The van der Waals surface area contributed by atoms with Crippen LogP contribution in [0.2, 0.25) is 0 Å². The van der Waals surface area contributed by atoms with E-state index in [9.17, 15) is 9.59 Å². The Bertz CT molecular complexity index is 494. The number of carbonyl (C=O) groups is 2. The summed E-state index contributed by atoms with van der Waals surface area (Å²) in [6.07, 6.45) is 12.9. The number of ether oxygens (including phenoxy) is 2. The van der Waals surface area contributed by atoms with Crippen LogP contribution in [0.1, 0.15) is 145 Å². The molecule has 0 saturated heterocycles. The lowest BCUT2D eigenvalue weighted by atomic mass is 9.56. The highest BCUT2D eigenvalue weighted by molar-refractivity contribution is 5.88. The lowest BCUT2D eigenvalue weighted by Crippen LogP contribution is -2.53. The van der Waals surface area contributed by atoms with Crippen LogP contribution in [-0.2, 0) is 19.1 Å². The fourth-order valence-electron chi connectivity index (χ4n) is 5.51. The van der Waals surface area contributed by atoms with Gasteiger partial charge in [-0.15, -0.1) is 0 Å². The molecule has 0 radical (unpaired) electrons. The SMILES string of the molecule is CCCC(CC)(C(=O)OCCCCCC(C)C)C(CC)(CCC)C(=O)OCCCCCC(C)C. The summed E-state index contributed by atoms with van der Waals surface area (Å²) in [7, 11) is 0. The molecule has 0 aromatic carbocycles. The predicted octanol–water partition coefficient (Wildman–Crippen LogP) is 8.90. The van der Waals surface area contributed by atoms with Crippen molar-refractivity contribution in [3.63, 3.8) is 0 Å². The molecule has 0 aliphatic carbocycles. The molecule has 34 heavy (non-hydrogen) atoms. The van der Waals surface area contributed by atoms with E-state index in [-0.39, 0.29) is 11.9 Å². The largest absolute Gasteiger partial charge is 0.465 e. The lowest BCUT2D eigenvalue weighted by Gasteiger charge is -2.46. The van der Waals surface area contributed by atoms with Crippen LogP contribution in [0.25, 0.3) is 0 Å². The molecule has 2 unspecified atom stereocenters. The molecule has 0 heterocycles. The first-order chi connectivity index (χ1) is 16.2. The van der Waals surface area contributed by atoms with Gasteiger partial charge in [0.1, 0.15) is 0 Å². The molecule has 0 spiro atoms. The minimum absolute atomic E-state index is 0.190. The van der Waals surface area contributed by atoms with Gasteiger partial charge >= 0.3 is 11.9 Å². The summed E-state index contributed by atoms with van der Waals surface area (Å²) in [6, 6.07) is 0. The molecule has 202 valence electrons. The first-order valence-corrected chi connectivity index (χ1v) is 14.5. The number of rotatable bonds is 21. The van der Waals surface area contributed by atoms with Crippen molar-refractivity contribution in [2.45, 2.75) is 145 Å². The van der Waals surface area contributed by atoms with Crippen molar-refractivity contribution in [2.24, 2.45) is 22.7 Å². The van der Waals surface area contributed by atoms with Gasteiger partial charge < -0.3 is 9.47 Å². The van der Waals surface area contributed by atoms with Gasteiger partial charge in [0.2, 0.25) is 0 Å². The van der Waals surface area contributed by atoms with E-state index >= 15 is 0 Å². The van der Waals surface area contributed by atoms with Crippen LogP contribution in [0.4, 0.5) is 0 Å². The lowest BCUT2D eigenvalue weighted by molar-refractivity contribution is -0.185. The predicted molar refractivity (Wildman–Crippen MR) is 144 cm³/mol. The summed E-state index contributed by atoms with van der Waals surface area (Å²) in [5, 5.41) is 0. The second-order valence-electron chi connectivity index (χ2n) is 11.1. The zero-order chi connectivity index (χ0) is 26.0. The van der Waals surface area contributed by atoms with Gasteiger partial charge in [0.25, 0.3) is 0 Å². The van der Waals surface area contributed by atoms with E-state index in [1.54, 1.807) is 0 Å². The summed E-state index contributed by atoms with van der Waals surface area (Å²) in [5.41, 5.74) is -1.64. The molecule has 2 atom stereocenters. The highest BCUT2D eigenvalue weighted by atomic mass is 16.5. The average Bonchev–Trinajstić information content (AvgIpc) is 2.79. The van der Waals surface area contributed by atoms with Crippen molar-refractivity contribution in [1.29, 1.82) is 0 Å². The van der Waals surface area contributed by atoms with E-state index in [4.69, 9.17) is 9.47 Å². The monoisotopic (exact) mass is 482 g/mol. The molecule has 0 aromatic heterocycles. The van der Waals surface area contributed by atoms with Crippen LogP contribution >= 0.6 is 0 Å². The third-order valence-corrected chi connectivity index (χ3v) is 7.58. The highest BCUT2D eigenvalue weighted by Gasteiger charge is 2.59. The molecule has 0 aliphatic rings. The molecule has 0 amide bonds. The van der Waals surface area contributed by atoms with Gasteiger partial charge in [-0.05, 0) is 50.4 Å². The summed E-state index contributed by atoms with van der Waals surface area (Å²) in [5.74, 6) is 1.04. The maximum absolute atomic E-state index is 13.7. The van der Waals surface area contributed by atoms with E-state index in [0.29, 0.717) is 50.7 Å². The second-order valence-corrected chi connectivity index (χ2v) is 11.1. The van der Waals surface area contributed by atoms with Crippen LogP contribution in [0, 0.1) is 22.7 Å². The van der Waals surface area contributed by atoms with Crippen molar-refractivity contribution in [1.82, 2.24) is 0 Å². The Hall–Kier alpha value is -1.06. The smallest absolute Gasteiger partial charge is 0.313 e.